The highest BCUT2D eigenvalue weighted by Gasteiger charge is 2.17. The Morgan fingerprint density at radius 1 is 1.06 bits per heavy atom. The minimum atomic E-state index is -1.69. The van der Waals surface area contributed by atoms with E-state index in [2.05, 4.69) is 5.32 Å². The van der Waals surface area contributed by atoms with Gasteiger partial charge >= 0.3 is 17.8 Å². The molecule has 0 saturated heterocycles. The van der Waals surface area contributed by atoms with E-state index in [1.807, 2.05) is 5.32 Å². The molecule has 3 N–H and O–H groups in total. The Kier molecular flexibility index (Phi) is 5.80. The van der Waals surface area contributed by atoms with Crippen molar-refractivity contribution in [2.24, 2.45) is 0 Å². The minimum Gasteiger partial charge on any atom is -0.474 e. The van der Waals surface area contributed by atoms with Crippen molar-refractivity contribution in [1.82, 2.24) is 10.6 Å². The van der Waals surface area contributed by atoms with Gasteiger partial charge in [-0.1, -0.05) is 0 Å². The van der Waals surface area contributed by atoms with Crippen LogP contribution in [0.4, 0.5) is 0 Å². The van der Waals surface area contributed by atoms with Crippen molar-refractivity contribution in [2.75, 3.05) is 13.1 Å². The molecule has 0 bridgehead atoms. The van der Waals surface area contributed by atoms with Gasteiger partial charge in [0.05, 0.1) is 6.54 Å². The number of carbonyl (C=O) groups is 4. The van der Waals surface area contributed by atoms with Crippen LogP contribution in [0.3, 0.4) is 0 Å². The molecule has 0 heterocycles. The summed E-state index contributed by atoms with van der Waals surface area (Å²) in [7, 11) is 0. The number of aliphatic carboxylic acids is 1. The van der Waals surface area contributed by atoms with Gasteiger partial charge in [-0.2, -0.15) is 0 Å². The van der Waals surface area contributed by atoms with Crippen LogP contribution in [-0.4, -0.2) is 47.6 Å². The topological polar surface area (TPSA) is 122 Å². The SMILES string of the molecule is CC(C)(C)OC(=O)CNC(=O)CNC(=O)C(=O)O. The Labute approximate surface area is 104 Å². The lowest BCUT2D eigenvalue weighted by Crippen LogP contribution is -2.42. The molecule has 0 aliphatic rings. The molecule has 0 aromatic carbocycles. The average Bonchev–Trinajstić information content (AvgIpc) is 2.20. The highest BCUT2D eigenvalue weighted by atomic mass is 16.6. The lowest BCUT2D eigenvalue weighted by atomic mass is 10.2. The second-order valence-electron chi connectivity index (χ2n) is 4.35. The normalized spacial score (nSPS) is 10.4. The fraction of sp³-hybridized carbons (Fsp3) is 0.600. The van der Waals surface area contributed by atoms with Gasteiger partial charge in [0.1, 0.15) is 12.1 Å². The summed E-state index contributed by atoms with van der Waals surface area (Å²) >= 11 is 0. The Balaban J connectivity index is 3.88. The standard InChI is InChI=1S/C10H16N2O6/c1-10(2,3)18-7(14)5-11-6(13)4-12-8(15)9(16)17/h4-5H2,1-3H3,(H,11,13)(H,12,15)(H,16,17). The number of esters is 1. The number of nitrogens with one attached hydrogen (secondary N) is 2. The van der Waals surface area contributed by atoms with Crippen molar-refractivity contribution in [3.8, 4) is 0 Å². The van der Waals surface area contributed by atoms with E-state index in [-0.39, 0.29) is 6.54 Å². The van der Waals surface area contributed by atoms with Gasteiger partial charge in [0, 0.05) is 0 Å². The monoisotopic (exact) mass is 260 g/mol. The maximum Gasteiger partial charge on any atom is 0.394 e. The first-order valence-electron chi connectivity index (χ1n) is 5.11. The smallest absolute Gasteiger partial charge is 0.394 e. The van der Waals surface area contributed by atoms with Gasteiger partial charge in [0.25, 0.3) is 0 Å². The van der Waals surface area contributed by atoms with Crippen LogP contribution < -0.4 is 10.6 Å². The van der Waals surface area contributed by atoms with Crippen LogP contribution in [0.15, 0.2) is 0 Å². The first-order chi connectivity index (χ1) is 8.11. The summed E-state index contributed by atoms with van der Waals surface area (Å²) in [6.07, 6.45) is 0. The van der Waals surface area contributed by atoms with Crippen LogP contribution in [0.25, 0.3) is 0 Å². The molecule has 102 valence electrons. The predicted octanol–water partition coefficient (Wildman–Crippen LogP) is -1.35. The van der Waals surface area contributed by atoms with E-state index in [1.54, 1.807) is 20.8 Å². The molecule has 0 aromatic rings. The summed E-state index contributed by atoms with van der Waals surface area (Å²) in [5.74, 6) is -4.28. The number of carboxylic acid groups (broad SMARTS) is 1. The number of rotatable bonds is 4. The maximum atomic E-state index is 11.2. The largest absolute Gasteiger partial charge is 0.474 e. The third-order valence-corrected chi connectivity index (χ3v) is 1.45. The van der Waals surface area contributed by atoms with E-state index in [0.29, 0.717) is 0 Å². The fourth-order valence-corrected chi connectivity index (χ4v) is 0.847. The fourth-order valence-electron chi connectivity index (χ4n) is 0.847. The van der Waals surface area contributed by atoms with E-state index < -0.39 is 35.9 Å². The molecule has 0 fully saturated rings. The summed E-state index contributed by atoms with van der Waals surface area (Å²) in [5.41, 5.74) is -0.653. The summed E-state index contributed by atoms with van der Waals surface area (Å²) < 4.78 is 4.92. The first kappa shape index (κ1) is 15.9. The van der Waals surface area contributed by atoms with Gasteiger partial charge < -0.3 is 20.5 Å². The summed E-state index contributed by atoms with van der Waals surface area (Å²) in [6.45, 7) is 4.17. The molecule has 0 spiro atoms. The molecule has 0 saturated carbocycles. The second kappa shape index (κ2) is 6.58. The second-order valence-corrected chi connectivity index (χ2v) is 4.35. The van der Waals surface area contributed by atoms with Crippen LogP contribution in [0.1, 0.15) is 20.8 Å². The van der Waals surface area contributed by atoms with Gasteiger partial charge in [-0.15, -0.1) is 0 Å². The third kappa shape index (κ3) is 8.08. The molecule has 0 rings (SSSR count). The molecule has 0 unspecified atom stereocenters. The van der Waals surface area contributed by atoms with Crippen LogP contribution in [0.2, 0.25) is 0 Å². The Hall–Kier alpha value is -2.12. The van der Waals surface area contributed by atoms with Crippen molar-refractivity contribution < 1.29 is 29.0 Å². The summed E-state index contributed by atoms with van der Waals surface area (Å²) in [6, 6.07) is 0. The zero-order valence-electron chi connectivity index (χ0n) is 10.4. The van der Waals surface area contributed by atoms with Crippen LogP contribution >= 0.6 is 0 Å². The van der Waals surface area contributed by atoms with Crippen molar-refractivity contribution in [3.63, 3.8) is 0 Å². The maximum absolute atomic E-state index is 11.2. The summed E-state index contributed by atoms with van der Waals surface area (Å²) in [5, 5.41) is 12.3. The van der Waals surface area contributed by atoms with Crippen molar-refractivity contribution in [3.05, 3.63) is 0 Å². The van der Waals surface area contributed by atoms with E-state index in [1.165, 1.54) is 0 Å². The van der Waals surface area contributed by atoms with Crippen molar-refractivity contribution in [1.29, 1.82) is 0 Å². The van der Waals surface area contributed by atoms with Gasteiger partial charge in [0.15, 0.2) is 0 Å². The Morgan fingerprint density at radius 3 is 2.06 bits per heavy atom. The van der Waals surface area contributed by atoms with Gasteiger partial charge in [-0.25, -0.2) is 4.79 Å². The van der Waals surface area contributed by atoms with Gasteiger partial charge in [-0.05, 0) is 20.8 Å². The minimum absolute atomic E-state index is 0.348. The van der Waals surface area contributed by atoms with Crippen LogP contribution in [0.5, 0.6) is 0 Å². The number of hydrogen-bond acceptors (Lipinski definition) is 5. The molecule has 8 heteroatoms. The molecule has 0 aliphatic heterocycles. The molecule has 0 aliphatic carbocycles. The van der Waals surface area contributed by atoms with Crippen LogP contribution in [0, 0.1) is 0 Å². The molecular weight excluding hydrogens is 244 g/mol. The average molecular weight is 260 g/mol. The Morgan fingerprint density at radius 2 is 1.61 bits per heavy atom. The molecular formula is C10H16N2O6. The number of carboxylic acids is 1. The zero-order valence-corrected chi connectivity index (χ0v) is 10.4. The number of ether oxygens (including phenoxy) is 1. The molecule has 18 heavy (non-hydrogen) atoms. The highest BCUT2D eigenvalue weighted by Crippen LogP contribution is 2.05. The summed E-state index contributed by atoms with van der Waals surface area (Å²) in [4.78, 5) is 43.0. The lowest BCUT2D eigenvalue weighted by Gasteiger charge is -2.19. The van der Waals surface area contributed by atoms with E-state index >= 15 is 0 Å². The Bertz CT molecular complexity index is 358. The number of hydrogen-bond donors (Lipinski definition) is 3. The van der Waals surface area contributed by atoms with Crippen LogP contribution in [-0.2, 0) is 23.9 Å². The highest BCUT2D eigenvalue weighted by molar-refractivity contribution is 6.31. The van der Waals surface area contributed by atoms with E-state index in [9.17, 15) is 19.2 Å². The first-order valence-corrected chi connectivity index (χ1v) is 5.11. The molecule has 8 nitrogen and oxygen atoms in total. The predicted molar refractivity (Wildman–Crippen MR) is 59.5 cm³/mol. The molecule has 0 radical (unpaired) electrons. The van der Waals surface area contributed by atoms with E-state index in [4.69, 9.17) is 9.84 Å². The third-order valence-electron chi connectivity index (χ3n) is 1.45. The lowest BCUT2D eigenvalue weighted by molar-refractivity contribution is -0.154. The van der Waals surface area contributed by atoms with Gasteiger partial charge in [0.2, 0.25) is 5.91 Å². The molecule has 0 atom stereocenters. The number of carbonyl (C=O) groups excluding carboxylic acids is 3. The number of amides is 2. The van der Waals surface area contributed by atoms with Crippen molar-refractivity contribution >= 4 is 23.8 Å². The van der Waals surface area contributed by atoms with Gasteiger partial charge in [-0.3, -0.25) is 14.4 Å². The zero-order chi connectivity index (χ0) is 14.3. The van der Waals surface area contributed by atoms with E-state index in [0.717, 1.165) is 0 Å². The quantitative estimate of drug-likeness (QED) is 0.424. The molecule has 2 amide bonds. The molecule has 0 aromatic heterocycles. The van der Waals surface area contributed by atoms with Crippen molar-refractivity contribution in [2.45, 2.75) is 26.4 Å².